The summed E-state index contributed by atoms with van der Waals surface area (Å²) in [5.41, 5.74) is 11.5. The minimum atomic E-state index is 0.387. The van der Waals surface area contributed by atoms with Gasteiger partial charge in [0.05, 0.1) is 5.69 Å². The molecule has 0 unspecified atom stereocenters. The SMILES string of the molecule is CCOCc1nc(N)cc(-c2c(C)cc(C)cc2C)n1. The van der Waals surface area contributed by atoms with E-state index in [0.29, 0.717) is 24.9 Å². The molecule has 1 heterocycles. The van der Waals surface area contributed by atoms with E-state index in [-0.39, 0.29) is 0 Å². The molecule has 0 aliphatic carbocycles. The van der Waals surface area contributed by atoms with E-state index in [9.17, 15) is 0 Å². The molecule has 0 saturated heterocycles. The lowest BCUT2D eigenvalue weighted by atomic mass is 9.97. The van der Waals surface area contributed by atoms with Crippen molar-refractivity contribution in [1.82, 2.24) is 9.97 Å². The highest BCUT2D eigenvalue weighted by molar-refractivity contribution is 5.69. The number of benzene rings is 1. The van der Waals surface area contributed by atoms with Gasteiger partial charge >= 0.3 is 0 Å². The number of hydrogen-bond donors (Lipinski definition) is 1. The topological polar surface area (TPSA) is 61.0 Å². The maximum atomic E-state index is 5.89. The molecule has 4 heteroatoms. The van der Waals surface area contributed by atoms with Crippen LogP contribution in [0.2, 0.25) is 0 Å². The van der Waals surface area contributed by atoms with Crippen molar-refractivity contribution in [3.63, 3.8) is 0 Å². The summed E-state index contributed by atoms with van der Waals surface area (Å²) in [6.07, 6.45) is 0. The molecule has 0 fully saturated rings. The molecule has 0 saturated carbocycles. The standard InChI is InChI=1S/C16H21N3O/c1-5-20-9-15-18-13(8-14(17)19-15)16-11(3)6-10(2)7-12(16)4/h6-8H,5,9H2,1-4H3,(H2,17,18,19). The first-order chi connectivity index (χ1) is 9.51. The molecule has 0 aliphatic heterocycles. The van der Waals surface area contributed by atoms with Crippen LogP contribution in [0.15, 0.2) is 18.2 Å². The number of aromatic nitrogens is 2. The summed E-state index contributed by atoms with van der Waals surface area (Å²) < 4.78 is 5.36. The first-order valence-corrected chi connectivity index (χ1v) is 6.80. The summed E-state index contributed by atoms with van der Waals surface area (Å²) in [6, 6.07) is 6.13. The largest absolute Gasteiger partial charge is 0.384 e. The second kappa shape index (κ2) is 6.01. The van der Waals surface area contributed by atoms with Gasteiger partial charge in [-0.15, -0.1) is 0 Å². The van der Waals surface area contributed by atoms with Gasteiger partial charge in [0.2, 0.25) is 0 Å². The molecule has 106 valence electrons. The first kappa shape index (κ1) is 14.5. The molecule has 2 rings (SSSR count). The highest BCUT2D eigenvalue weighted by atomic mass is 16.5. The fourth-order valence-electron chi connectivity index (χ4n) is 2.49. The molecule has 0 amide bonds. The van der Waals surface area contributed by atoms with Gasteiger partial charge in [0.25, 0.3) is 0 Å². The number of nitrogens with two attached hydrogens (primary N) is 1. The molecule has 0 spiro atoms. The highest BCUT2D eigenvalue weighted by Crippen LogP contribution is 2.27. The summed E-state index contributed by atoms with van der Waals surface area (Å²) >= 11 is 0. The van der Waals surface area contributed by atoms with Crippen molar-refractivity contribution in [1.29, 1.82) is 0 Å². The Bertz CT molecular complexity index is 600. The number of anilines is 1. The first-order valence-electron chi connectivity index (χ1n) is 6.80. The minimum absolute atomic E-state index is 0.387. The molecule has 0 atom stereocenters. The minimum Gasteiger partial charge on any atom is -0.384 e. The molecular weight excluding hydrogens is 250 g/mol. The van der Waals surface area contributed by atoms with Crippen LogP contribution in [-0.2, 0) is 11.3 Å². The predicted octanol–water partition coefficient (Wildman–Crippen LogP) is 3.19. The third kappa shape index (κ3) is 3.14. The summed E-state index contributed by atoms with van der Waals surface area (Å²) in [5.74, 6) is 1.10. The Morgan fingerprint density at radius 3 is 2.30 bits per heavy atom. The Kier molecular flexibility index (Phi) is 4.35. The zero-order chi connectivity index (χ0) is 14.7. The quantitative estimate of drug-likeness (QED) is 0.927. The zero-order valence-corrected chi connectivity index (χ0v) is 12.5. The van der Waals surface area contributed by atoms with Gasteiger partial charge in [-0.2, -0.15) is 0 Å². The Morgan fingerprint density at radius 2 is 1.70 bits per heavy atom. The fraction of sp³-hybridized carbons (Fsp3) is 0.375. The van der Waals surface area contributed by atoms with E-state index in [1.165, 1.54) is 16.7 Å². The smallest absolute Gasteiger partial charge is 0.157 e. The summed E-state index contributed by atoms with van der Waals surface area (Å²) in [5, 5.41) is 0. The van der Waals surface area contributed by atoms with Crippen LogP contribution in [0.4, 0.5) is 5.82 Å². The second-order valence-corrected chi connectivity index (χ2v) is 5.01. The molecule has 0 radical (unpaired) electrons. The van der Waals surface area contributed by atoms with Gasteiger partial charge < -0.3 is 10.5 Å². The van der Waals surface area contributed by atoms with Gasteiger partial charge in [-0.3, -0.25) is 0 Å². The highest BCUT2D eigenvalue weighted by Gasteiger charge is 2.11. The molecule has 1 aromatic heterocycles. The van der Waals surface area contributed by atoms with Crippen LogP contribution in [0.25, 0.3) is 11.3 Å². The van der Waals surface area contributed by atoms with Crippen molar-refractivity contribution in [2.75, 3.05) is 12.3 Å². The molecule has 0 aliphatic rings. The molecular formula is C16H21N3O. The fourth-order valence-corrected chi connectivity index (χ4v) is 2.49. The van der Waals surface area contributed by atoms with Crippen molar-refractivity contribution < 1.29 is 4.74 Å². The van der Waals surface area contributed by atoms with Gasteiger partial charge in [-0.25, -0.2) is 9.97 Å². The monoisotopic (exact) mass is 271 g/mol. The third-order valence-electron chi connectivity index (χ3n) is 3.16. The molecule has 20 heavy (non-hydrogen) atoms. The lowest BCUT2D eigenvalue weighted by Crippen LogP contribution is -2.04. The Labute approximate surface area is 120 Å². The van der Waals surface area contributed by atoms with Gasteiger partial charge in [-0.05, 0) is 38.8 Å². The van der Waals surface area contributed by atoms with Crippen molar-refractivity contribution in [2.24, 2.45) is 0 Å². The van der Waals surface area contributed by atoms with E-state index < -0.39 is 0 Å². The van der Waals surface area contributed by atoms with Gasteiger partial charge in [0.15, 0.2) is 5.82 Å². The Hall–Kier alpha value is -1.94. The van der Waals surface area contributed by atoms with Crippen molar-refractivity contribution in [3.8, 4) is 11.3 Å². The molecule has 4 nitrogen and oxygen atoms in total. The van der Waals surface area contributed by atoms with Crippen molar-refractivity contribution in [2.45, 2.75) is 34.3 Å². The molecule has 2 aromatic rings. The number of ether oxygens (including phenoxy) is 1. The maximum absolute atomic E-state index is 5.89. The Morgan fingerprint density at radius 1 is 1.05 bits per heavy atom. The van der Waals surface area contributed by atoms with Gasteiger partial charge in [0.1, 0.15) is 12.4 Å². The maximum Gasteiger partial charge on any atom is 0.157 e. The van der Waals surface area contributed by atoms with E-state index in [4.69, 9.17) is 10.5 Å². The van der Waals surface area contributed by atoms with Crippen LogP contribution >= 0.6 is 0 Å². The van der Waals surface area contributed by atoms with E-state index in [1.54, 1.807) is 0 Å². The number of hydrogen-bond acceptors (Lipinski definition) is 4. The van der Waals surface area contributed by atoms with Crippen LogP contribution in [-0.4, -0.2) is 16.6 Å². The van der Waals surface area contributed by atoms with Crippen molar-refractivity contribution >= 4 is 5.82 Å². The lowest BCUT2D eigenvalue weighted by Gasteiger charge is -2.12. The normalized spacial score (nSPS) is 10.8. The van der Waals surface area contributed by atoms with Crippen LogP contribution in [0, 0.1) is 20.8 Å². The number of nitrogen functional groups attached to an aromatic ring is 1. The lowest BCUT2D eigenvalue weighted by molar-refractivity contribution is 0.128. The number of rotatable bonds is 4. The number of nitrogens with zero attached hydrogens (tertiary/aromatic N) is 2. The van der Waals surface area contributed by atoms with Crippen LogP contribution in [0.3, 0.4) is 0 Å². The molecule has 1 aromatic carbocycles. The zero-order valence-electron chi connectivity index (χ0n) is 12.5. The average molecular weight is 271 g/mol. The molecule has 2 N–H and O–H groups in total. The second-order valence-electron chi connectivity index (χ2n) is 5.01. The average Bonchev–Trinajstić information content (AvgIpc) is 2.34. The molecule has 0 bridgehead atoms. The summed E-state index contributed by atoms with van der Waals surface area (Å²) in [4.78, 5) is 8.79. The Balaban J connectivity index is 2.50. The summed E-state index contributed by atoms with van der Waals surface area (Å²) in [6.45, 7) is 9.25. The predicted molar refractivity (Wildman–Crippen MR) is 81.4 cm³/mol. The third-order valence-corrected chi connectivity index (χ3v) is 3.16. The van der Waals surface area contributed by atoms with Crippen molar-refractivity contribution in [3.05, 3.63) is 40.7 Å². The van der Waals surface area contributed by atoms with Crippen LogP contribution in [0.5, 0.6) is 0 Å². The van der Waals surface area contributed by atoms with Gasteiger partial charge in [-0.1, -0.05) is 17.7 Å². The number of aryl methyl sites for hydroxylation is 3. The van der Waals surface area contributed by atoms with Gasteiger partial charge in [0, 0.05) is 18.2 Å². The van der Waals surface area contributed by atoms with E-state index in [0.717, 1.165) is 11.3 Å². The van der Waals surface area contributed by atoms with E-state index in [1.807, 2.05) is 13.0 Å². The van der Waals surface area contributed by atoms with E-state index >= 15 is 0 Å². The summed E-state index contributed by atoms with van der Waals surface area (Å²) in [7, 11) is 0. The van der Waals surface area contributed by atoms with Crippen LogP contribution in [0.1, 0.15) is 29.4 Å². The van der Waals surface area contributed by atoms with E-state index in [2.05, 4.69) is 42.9 Å². The van der Waals surface area contributed by atoms with Crippen LogP contribution < -0.4 is 5.73 Å².